The third-order valence-corrected chi connectivity index (χ3v) is 4.13. The maximum absolute atomic E-state index is 11.2. The second-order valence-corrected chi connectivity index (χ2v) is 8.14. The zero-order valence-corrected chi connectivity index (χ0v) is 15.6. The highest BCUT2D eigenvalue weighted by Crippen LogP contribution is 2.03. The van der Waals surface area contributed by atoms with Crippen molar-refractivity contribution in [2.45, 2.75) is 20.5 Å². The summed E-state index contributed by atoms with van der Waals surface area (Å²) in [6.07, 6.45) is 1.23. The Morgan fingerprint density at radius 1 is 1.25 bits per heavy atom. The highest BCUT2D eigenvalue weighted by atomic mass is 32.2. The number of nitrogens with zero attached hydrogens (tertiary/aromatic N) is 1. The fourth-order valence-corrected chi connectivity index (χ4v) is 2.42. The Morgan fingerprint density at radius 2 is 1.96 bits per heavy atom. The van der Waals surface area contributed by atoms with Gasteiger partial charge in [-0.15, -0.1) is 0 Å². The number of rotatable bonds is 10. The van der Waals surface area contributed by atoms with Crippen LogP contribution in [-0.2, 0) is 21.2 Å². The first kappa shape index (κ1) is 20.4. The van der Waals surface area contributed by atoms with Crippen LogP contribution in [0.15, 0.2) is 35.3 Å². The molecule has 1 atom stereocenters. The molecular formula is C17H29N3O3S. The first-order valence-corrected chi connectivity index (χ1v) is 10.3. The van der Waals surface area contributed by atoms with E-state index in [1.165, 1.54) is 6.26 Å². The summed E-state index contributed by atoms with van der Waals surface area (Å²) < 4.78 is 28.0. The van der Waals surface area contributed by atoms with Crippen LogP contribution in [0.5, 0.6) is 0 Å². The molecule has 0 spiro atoms. The van der Waals surface area contributed by atoms with E-state index in [0.29, 0.717) is 32.3 Å². The van der Waals surface area contributed by atoms with Crippen molar-refractivity contribution < 1.29 is 13.2 Å². The maximum Gasteiger partial charge on any atom is 0.191 e. The molecule has 0 aliphatic rings. The molecule has 0 aliphatic carbocycles. The molecule has 0 bridgehead atoms. The van der Waals surface area contributed by atoms with Gasteiger partial charge in [-0.05, 0) is 18.4 Å². The predicted octanol–water partition coefficient (Wildman–Crippen LogP) is 1.44. The standard InChI is InChI=1S/C17H29N3O3S/c1-4-18-17(19-10-11-24(3,21)22)20-12-15(2)13-23-14-16-8-6-5-7-9-16/h5-9,15H,4,10-14H2,1-3H3,(H2,18,19,20). The Bertz CT molecular complexity index is 588. The van der Waals surface area contributed by atoms with Gasteiger partial charge in [0.15, 0.2) is 5.96 Å². The molecular weight excluding hydrogens is 326 g/mol. The van der Waals surface area contributed by atoms with Gasteiger partial charge in [0.1, 0.15) is 9.84 Å². The minimum Gasteiger partial charge on any atom is -0.376 e. The van der Waals surface area contributed by atoms with Crippen molar-refractivity contribution in [3.8, 4) is 0 Å². The summed E-state index contributed by atoms with van der Waals surface area (Å²) in [5, 5.41) is 6.14. The Kier molecular flexibility index (Phi) is 9.41. The molecule has 0 amide bonds. The van der Waals surface area contributed by atoms with Crippen molar-refractivity contribution in [3.63, 3.8) is 0 Å². The molecule has 0 fully saturated rings. The van der Waals surface area contributed by atoms with Crippen molar-refractivity contribution >= 4 is 15.8 Å². The molecule has 1 unspecified atom stereocenters. The molecule has 2 N–H and O–H groups in total. The molecule has 0 saturated carbocycles. The van der Waals surface area contributed by atoms with Gasteiger partial charge in [0, 0.05) is 25.9 Å². The summed E-state index contributed by atoms with van der Waals surface area (Å²) in [5.41, 5.74) is 1.16. The van der Waals surface area contributed by atoms with Gasteiger partial charge in [0.25, 0.3) is 0 Å². The maximum atomic E-state index is 11.2. The summed E-state index contributed by atoms with van der Waals surface area (Å²) in [6.45, 7) is 6.97. The quantitative estimate of drug-likeness (QED) is 0.490. The fourth-order valence-electron chi connectivity index (χ4n) is 1.95. The van der Waals surface area contributed by atoms with Crippen molar-refractivity contribution in [1.82, 2.24) is 10.6 Å². The molecule has 136 valence electrons. The SMILES string of the molecule is CCNC(=NCC(C)COCc1ccccc1)NCCS(C)(=O)=O. The van der Waals surface area contributed by atoms with Gasteiger partial charge in [-0.2, -0.15) is 0 Å². The minimum atomic E-state index is -2.97. The molecule has 7 heteroatoms. The van der Waals surface area contributed by atoms with Crippen molar-refractivity contribution in [2.24, 2.45) is 10.9 Å². The van der Waals surface area contributed by atoms with Crippen LogP contribution in [0.4, 0.5) is 0 Å². The molecule has 24 heavy (non-hydrogen) atoms. The van der Waals surface area contributed by atoms with E-state index in [9.17, 15) is 8.42 Å². The van der Waals surface area contributed by atoms with Gasteiger partial charge < -0.3 is 15.4 Å². The van der Waals surface area contributed by atoms with E-state index in [2.05, 4.69) is 22.5 Å². The lowest BCUT2D eigenvalue weighted by atomic mass is 10.2. The van der Waals surface area contributed by atoms with E-state index in [4.69, 9.17) is 4.74 Å². The van der Waals surface area contributed by atoms with Gasteiger partial charge in [-0.1, -0.05) is 37.3 Å². The van der Waals surface area contributed by atoms with Gasteiger partial charge in [0.05, 0.1) is 19.0 Å². The van der Waals surface area contributed by atoms with Crippen LogP contribution in [0.3, 0.4) is 0 Å². The van der Waals surface area contributed by atoms with Gasteiger partial charge in [-0.25, -0.2) is 8.42 Å². The molecule has 1 aromatic carbocycles. The summed E-state index contributed by atoms with van der Waals surface area (Å²) in [4.78, 5) is 4.48. The monoisotopic (exact) mass is 355 g/mol. The Morgan fingerprint density at radius 3 is 2.58 bits per heavy atom. The summed E-state index contributed by atoms with van der Waals surface area (Å²) in [6, 6.07) is 10.1. The Balaban J connectivity index is 2.32. The van der Waals surface area contributed by atoms with E-state index in [1.54, 1.807) is 0 Å². The Hall–Kier alpha value is -1.60. The number of aliphatic imine (C=N–C) groups is 1. The number of ether oxygens (including phenoxy) is 1. The van der Waals surface area contributed by atoms with E-state index in [1.807, 2.05) is 37.3 Å². The molecule has 6 nitrogen and oxygen atoms in total. The average Bonchev–Trinajstić information content (AvgIpc) is 2.52. The minimum absolute atomic E-state index is 0.0904. The normalized spacial score (nSPS) is 13.5. The van der Waals surface area contributed by atoms with Gasteiger partial charge in [0.2, 0.25) is 0 Å². The first-order chi connectivity index (χ1) is 11.4. The molecule has 1 rings (SSSR count). The summed E-state index contributed by atoms with van der Waals surface area (Å²) in [5.74, 6) is 1.00. The van der Waals surface area contributed by atoms with Gasteiger partial charge in [-0.3, -0.25) is 4.99 Å². The van der Waals surface area contributed by atoms with Crippen molar-refractivity contribution in [3.05, 3.63) is 35.9 Å². The zero-order chi connectivity index (χ0) is 17.8. The van der Waals surface area contributed by atoms with Crippen LogP contribution in [-0.4, -0.2) is 52.6 Å². The smallest absolute Gasteiger partial charge is 0.191 e. The lowest BCUT2D eigenvalue weighted by Crippen LogP contribution is -2.39. The number of benzene rings is 1. The average molecular weight is 356 g/mol. The number of sulfone groups is 1. The molecule has 0 radical (unpaired) electrons. The highest BCUT2D eigenvalue weighted by Gasteiger charge is 2.05. The van der Waals surface area contributed by atoms with Crippen LogP contribution < -0.4 is 10.6 Å². The largest absolute Gasteiger partial charge is 0.376 e. The van der Waals surface area contributed by atoms with Gasteiger partial charge >= 0.3 is 0 Å². The van der Waals surface area contributed by atoms with Crippen LogP contribution in [0.25, 0.3) is 0 Å². The van der Waals surface area contributed by atoms with E-state index in [-0.39, 0.29) is 11.7 Å². The van der Waals surface area contributed by atoms with E-state index < -0.39 is 9.84 Å². The van der Waals surface area contributed by atoms with Crippen LogP contribution in [0.1, 0.15) is 19.4 Å². The third kappa shape index (κ3) is 10.2. The number of hydrogen-bond donors (Lipinski definition) is 2. The van der Waals surface area contributed by atoms with E-state index >= 15 is 0 Å². The zero-order valence-electron chi connectivity index (χ0n) is 14.8. The second-order valence-electron chi connectivity index (χ2n) is 5.88. The number of hydrogen-bond acceptors (Lipinski definition) is 4. The van der Waals surface area contributed by atoms with Crippen molar-refractivity contribution in [2.75, 3.05) is 38.2 Å². The topological polar surface area (TPSA) is 79.8 Å². The lowest BCUT2D eigenvalue weighted by Gasteiger charge is -2.13. The summed E-state index contributed by atoms with van der Waals surface area (Å²) >= 11 is 0. The molecule has 0 saturated heterocycles. The summed E-state index contributed by atoms with van der Waals surface area (Å²) in [7, 11) is -2.97. The van der Waals surface area contributed by atoms with Crippen LogP contribution in [0, 0.1) is 5.92 Å². The Labute approximate surface area is 145 Å². The number of nitrogens with one attached hydrogen (secondary N) is 2. The van der Waals surface area contributed by atoms with Crippen LogP contribution >= 0.6 is 0 Å². The lowest BCUT2D eigenvalue weighted by molar-refractivity contribution is 0.0945. The first-order valence-electron chi connectivity index (χ1n) is 8.22. The number of guanidine groups is 1. The third-order valence-electron chi connectivity index (χ3n) is 3.18. The van der Waals surface area contributed by atoms with Crippen molar-refractivity contribution in [1.29, 1.82) is 0 Å². The molecule has 0 aliphatic heterocycles. The molecule has 1 aromatic rings. The predicted molar refractivity (Wildman–Crippen MR) is 99.0 cm³/mol. The fraction of sp³-hybridized carbons (Fsp3) is 0.588. The highest BCUT2D eigenvalue weighted by molar-refractivity contribution is 7.90. The van der Waals surface area contributed by atoms with Crippen LogP contribution in [0.2, 0.25) is 0 Å². The molecule has 0 aromatic heterocycles. The van der Waals surface area contributed by atoms with E-state index in [0.717, 1.165) is 12.1 Å². The second kappa shape index (κ2) is 11.0. The molecule has 0 heterocycles.